The summed E-state index contributed by atoms with van der Waals surface area (Å²) >= 11 is 0. The summed E-state index contributed by atoms with van der Waals surface area (Å²) in [4.78, 5) is 49.3. The van der Waals surface area contributed by atoms with Crippen molar-refractivity contribution in [2.45, 2.75) is 112 Å². The molecule has 3 aliphatic heterocycles. The summed E-state index contributed by atoms with van der Waals surface area (Å²) in [5.41, 5.74) is -1.69. The zero-order valence-electron chi connectivity index (χ0n) is 24.0. The van der Waals surface area contributed by atoms with Gasteiger partial charge >= 0.3 is 5.69 Å². The fourth-order valence-corrected chi connectivity index (χ4v) is 5.58. The average molecular weight is 651 g/mol. The maximum Gasteiger partial charge on any atom is 0.330 e. The quantitative estimate of drug-likeness (QED) is 0.118. The van der Waals surface area contributed by atoms with E-state index in [1.54, 1.807) is 0 Å². The number of nitrogens with zero attached hydrogens (tertiary/aromatic N) is 1. The van der Waals surface area contributed by atoms with Crippen molar-refractivity contribution < 1.29 is 69.4 Å². The van der Waals surface area contributed by atoms with Crippen LogP contribution in [0.2, 0.25) is 0 Å². The predicted molar refractivity (Wildman–Crippen MR) is 143 cm³/mol. The van der Waals surface area contributed by atoms with E-state index < -0.39 is 128 Å². The van der Waals surface area contributed by atoms with Crippen molar-refractivity contribution in [3.8, 4) is 0 Å². The van der Waals surface area contributed by atoms with Gasteiger partial charge in [0.05, 0.1) is 18.8 Å². The first-order chi connectivity index (χ1) is 21.1. The molecule has 15 atom stereocenters. The van der Waals surface area contributed by atoms with Crippen LogP contribution in [0.5, 0.6) is 0 Å². The number of aromatic nitrogens is 2. The summed E-state index contributed by atoms with van der Waals surface area (Å²) < 4.78 is 23.5. The number of amides is 2. The molecule has 11 N–H and O–H groups in total. The van der Waals surface area contributed by atoms with Gasteiger partial charge in [-0.1, -0.05) is 0 Å². The zero-order chi connectivity index (χ0) is 33.3. The molecule has 0 saturated carbocycles. The highest BCUT2D eigenvalue weighted by atomic mass is 16.8. The first-order valence-corrected chi connectivity index (χ1v) is 14.0. The van der Waals surface area contributed by atoms with Crippen LogP contribution in [0.3, 0.4) is 0 Å². The van der Waals surface area contributed by atoms with Crippen LogP contribution >= 0.6 is 0 Å². The minimum Gasteiger partial charge on any atom is -0.394 e. The topological polar surface area (TPSA) is 312 Å². The van der Waals surface area contributed by atoms with Gasteiger partial charge in [-0.2, -0.15) is 0 Å². The number of aliphatic hydroxyl groups is 8. The van der Waals surface area contributed by atoms with E-state index in [2.05, 4.69) is 10.6 Å². The van der Waals surface area contributed by atoms with Crippen LogP contribution in [0.25, 0.3) is 0 Å². The molecule has 1 unspecified atom stereocenters. The van der Waals surface area contributed by atoms with Gasteiger partial charge in [-0.15, -0.1) is 0 Å². The van der Waals surface area contributed by atoms with Gasteiger partial charge in [0.25, 0.3) is 5.56 Å². The fraction of sp³-hybridized carbons (Fsp3) is 0.760. The molecule has 3 fully saturated rings. The Morgan fingerprint density at radius 2 is 1.40 bits per heavy atom. The molecule has 45 heavy (non-hydrogen) atoms. The lowest BCUT2D eigenvalue weighted by molar-refractivity contribution is -0.347. The number of hydrogen-bond donors (Lipinski definition) is 11. The molecule has 0 aliphatic carbocycles. The molecule has 3 saturated heterocycles. The van der Waals surface area contributed by atoms with Crippen molar-refractivity contribution in [2.24, 2.45) is 0 Å². The van der Waals surface area contributed by atoms with Gasteiger partial charge in [-0.25, -0.2) is 4.79 Å². The number of aromatic amines is 1. The smallest absolute Gasteiger partial charge is 0.330 e. The first-order valence-electron chi connectivity index (χ1n) is 14.0. The lowest BCUT2D eigenvalue weighted by Crippen LogP contribution is -2.68. The molecule has 20 heteroatoms. The number of carbonyl (C=O) groups excluding carboxylic acids is 2. The lowest BCUT2D eigenvalue weighted by Gasteiger charge is -2.47. The van der Waals surface area contributed by atoms with Crippen LogP contribution in [-0.2, 0) is 28.5 Å². The highest BCUT2D eigenvalue weighted by Crippen LogP contribution is 2.34. The summed E-state index contributed by atoms with van der Waals surface area (Å²) in [6, 6.07) is -1.95. The summed E-state index contributed by atoms with van der Waals surface area (Å²) in [6.45, 7) is 1.43. The van der Waals surface area contributed by atoms with Gasteiger partial charge in [0.1, 0.15) is 60.9 Å². The van der Waals surface area contributed by atoms with Crippen molar-refractivity contribution in [2.75, 3.05) is 6.61 Å². The predicted octanol–water partition coefficient (Wildman–Crippen LogP) is -7.18. The van der Waals surface area contributed by atoms with Crippen molar-refractivity contribution in [3.63, 3.8) is 0 Å². The molecule has 0 aromatic carbocycles. The minimum absolute atomic E-state index is 0.589. The van der Waals surface area contributed by atoms with E-state index in [9.17, 15) is 60.0 Å². The normalized spacial score (nSPS) is 40.9. The average Bonchev–Trinajstić information content (AvgIpc) is 3.26. The van der Waals surface area contributed by atoms with E-state index in [0.717, 1.165) is 30.7 Å². The minimum atomic E-state index is -1.82. The Bertz CT molecular complexity index is 1310. The Kier molecular flexibility index (Phi) is 11.1. The first kappa shape index (κ1) is 35.0. The molecule has 20 nitrogen and oxygen atoms in total. The van der Waals surface area contributed by atoms with Crippen molar-refractivity contribution in [1.29, 1.82) is 0 Å². The number of nitrogens with one attached hydrogen (secondary N) is 3. The monoisotopic (exact) mass is 650 g/mol. The van der Waals surface area contributed by atoms with Crippen LogP contribution in [-0.4, -0.2) is 155 Å². The number of carbonyl (C=O) groups is 2. The van der Waals surface area contributed by atoms with Gasteiger partial charge in [0.15, 0.2) is 18.8 Å². The zero-order valence-corrected chi connectivity index (χ0v) is 24.0. The van der Waals surface area contributed by atoms with Crippen molar-refractivity contribution in [1.82, 2.24) is 20.2 Å². The number of rotatable bonds is 9. The lowest BCUT2D eigenvalue weighted by atomic mass is 9.91. The van der Waals surface area contributed by atoms with Gasteiger partial charge in [-0.3, -0.25) is 23.9 Å². The Labute approximate surface area is 253 Å². The summed E-state index contributed by atoms with van der Waals surface area (Å²) in [5, 5.41) is 89.1. The highest BCUT2D eigenvalue weighted by molar-refractivity contribution is 5.73. The Morgan fingerprint density at radius 1 is 0.867 bits per heavy atom. The molecule has 254 valence electrons. The van der Waals surface area contributed by atoms with Crippen LogP contribution in [0.1, 0.15) is 26.5 Å². The van der Waals surface area contributed by atoms with Gasteiger partial charge in [0.2, 0.25) is 11.8 Å². The van der Waals surface area contributed by atoms with Crippen LogP contribution < -0.4 is 21.9 Å². The largest absolute Gasteiger partial charge is 0.394 e. The molecule has 4 rings (SSSR count). The van der Waals surface area contributed by atoms with Crippen molar-refractivity contribution in [3.05, 3.63) is 33.1 Å². The molecule has 4 heterocycles. The third-order valence-corrected chi connectivity index (χ3v) is 7.84. The van der Waals surface area contributed by atoms with Gasteiger partial charge in [0, 0.05) is 32.5 Å². The number of H-pyrrole nitrogens is 1. The molecule has 0 radical (unpaired) electrons. The second-order valence-electron chi connectivity index (χ2n) is 11.1. The Balaban J connectivity index is 1.55. The van der Waals surface area contributed by atoms with Gasteiger partial charge in [-0.05, 0) is 0 Å². The Hall–Kier alpha value is -2.86. The fourth-order valence-electron chi connectivity index (χ4n) is 5.58. The molecule has 0 bridgehead atoms. The summed E-state index contributed by atoms with van der Waals surface area (Å²) in [6.07, 6.45) is -21.1. The standard InChI is InChI=1S/C25H38N4O16/c1-7(31)26-13-17(37)15(35)10(42-23(13)45-24-14(27-8(2)32)18(38)16(36)11(6-30)43-24)5-9(33)21-19(39)20(40)22(44-21)29-4-3-12(34)28-25(29)41/h3-4,9-11,13-24,30,33,35-40H,5-6H2,1-2H3,(H,26,31)(H,27,32)(H,28,34,41)/t9?,10-,11-,13-,14-,15+,16-,17-,18-,19+,20-,21-,22-,23+,24-/m1/s1. The van der Waals surface area contributed by atoms with E-state index in [1.165, 1.54) is 0 Å². The maximum atomic E-state index is 12.2. The molecular weight excluding hydrogens is 612 g/mol. The molecule has 3 aliphatic rings. The van der Waals surface area contributed by atoms with E-state index in [4.69, 9.17) is 18.9 Å². The van der Waals surface area contributed by atoms with E-state index >= 15 is 0 Å². The van der Waals surface area contributed by atoms with Crippen LogP contribution in [0, 0.1) is 0 Å². The molecular formula is C25H38N4O16. The van der Waals surface area contributed by atoms with Crippen LogP contribution in [0.4, 0.5) is 0 Å². The molecule has 0 spiro atoms. The SMILES string of the molecule is CC(=O)N[C@H]1[C@H](O[C@H]2O[C@H](CO)[C@@H](O)[C@H](O)[C@H]2NC(C)=O)O[C@H](CC(O)[C@H]2O[C@@H](n3ccc(=O)[nH]c3=O)[C@H](O)[C@@H]2O)[C@H](O)[C@@H]1O. The second-order valence-corrected chi connectivity index (χ2v) is 11.1. The summed E-state index contributed by atoms with van der Waals surface area (Å²) in [5.74, 6) is -1.35. The summed E-state index contributed by atoms with van der Waals surface area (Å²) in [7, 11) is 0. The van der Waals surface area contributed by atoms with E-state index in [1.807, 2.05) is 4.98 Å². The molecule has 1 aromatic rings. The van der Waals surface area contributed by atoms with E-state index in [-0.39, 0.29) is 0 Å². The molecule has 1 aromatic heterocycles. The van der Waals surface area contributed by atoms with Gasteiger partial charge < -0.3 is 70.4 Å². The Morgan fingerprint density at radius 3 is 1.91 bits per heavy atom. The number of ether oxygens (including phenoxy) is 4. The third-order valence-electron chi connectivity index (χ3n) is 7.84. The highest BCUT2D eigenvalue weighted by Gasteiger charge is 2.53. The number of hydrogen-bond acceptors (Lipinski definition) is 16. The second kappa shape index (κ2) is 14.3. The molecule has 2 amide bonds. The van der Waals surface area contributed by atoms with Crippen molar-refractivity contribution >= 4 is 11.8 Å². The third kappa shape index (κ3) is 7.42. The number of aliphatic hydroxyl groups excluding tert-OH is 8. The maximum absolute atomic E-state index is 12.2. The van der Waals surface area contributed by atoms with Crippen LogP contribution in [0.15, 0.2) is 21.9 Å². The van der Waals surface area contributed by atoms with E-state index in [0.29, 0.717) is 0 Å².